The fourth-order valence-corrected chi connectivity index (χ4v) is 3.38. The number of carbonyl (C=O) groups is 2. The van der Waals surface area contributed by atoms with E-state index in [1.165, 1.54) is 0 Å². The summed E-state index contributed by atoms with van der Waals surface area (Å²) in [5, 5.41) is 0. The maximum Gasteiger partial charge on any atom is 0.334 e. The Morgan fingerprint density at radius 2 is 1.46 bits per heavy atom. The van der Waals surface area contributed by atoms with Crippen LogP contribution < -0.4 is 0 Å². The summed E-state index contributed by atoms with van der Waals surface area (Å²) in [4.78, 5) is 25.3. The first-order valence-electron chi connectivity index (χ1n) is 8.02. The van der Waals surface area contributed by atoms with Crippen LogP contribution in [0, 0.1) is 5.92 Å². The van der Waals surface area contributed by atoms with Crippen LogP contribution >= 0.6 is 0 Å². The molecule has 24 heavy (non-hydrogen) atoms. The van der Waals surface area contributed by atoms with Crippen molar-refractivity contribution in [2.24, 2.45) is 5.92 Å². The SMILES string of the molecule is C=C(C)C(=O)OC1(C(C)C)c2ccccc2C(=O)c2ccccc21. The largest absolute Gasteiger partial charge is 0.446 e. The van der Waals surface area contributed by atoms with E-state index in [4.69, 9.17) is 4.74 Å². The Kier molecular flexibility index (Phi) is 3.88. The van der Waals surface area contributed by atoms with Gasteiger partial charge in [-0.2, -0.15) is 0 Å². The zero-order valence-corrected chi connectivity index (χ0v) is 14.1. The number of ether oxygens (including phenoxy) is 1. The third-order valence-electron chi connectivity index (χ3n) is 4.56. The molecule has 0 saturated carbocycles. The van der Waals surface area contributed by atoms with Crippen molar-refractivity contribution in [1.29, 1.82) is 0 Å². The Morgan fingerprint density at radius 1 is 1.00 bits per heavy atom. The number of hydrogen-bond donors (Lipinski definition) is 0. The Balaban J connectivity index is 2.36. The predicted molar refractivity (Wildman–Crippen MR) is 92.8 cm³/mol. The van der Waals surface area contributed by atoms with Crippen molar-refractivity contribution in [1.82, 2.24) is 0 Å². The van der Waals surface area contributed by atoms with Gasteiger partial charge in [-0.15, -0.1) is 0 Å². The van der Waals surface area contributed by atoms with Gasteiger partial charge in [0.1, 0.15) is 0 Å². The molecule has 0 saturated heterocycles. The molecule has 0 unspecified atom stereocenters. The second-order valence-electron chi connectivity index (χ2n) is 6.48. The van der Waals surface area contributed by atoms with Gasteiger partial charge in [0, 0.05) is 33.7 Å². The molecule has 1 aliphatic rings. The van der Waals surface area contributed by atoms with Gasteiger partial charge in [0.15, 0.2) is 11.4 Å². The molecule has 0 bridgehead atoms. The minimum Gasteiger partial charge on any atom is -0.446 e. The Morgan fingerprint density at radius 3 is 1.88 bits per heavy atom. The molecule has 0 N–H and O–H groups in total. The summed E-state index contributed by atoms with van der Waals surface area (Å²) in [7, 11) is 0. The molecule has 122 valence electrons. The molecule has 2 aromatic carbocycles. The number of fused-ring (bicyclic) bond motifs is 2. The first kappa shape index (κ1) is 16.2. The number of ketones is 1. The van der Waals surface area contributed by atoms with Crippen LogP contribution in [0.2, 0.25) is 0 Å². The lowest BCUT2D eigenvalue weighted by Gasteiger charge is -2.42. The summed E-state index contributed by atoms with van der Waals surface area (Å²) < 4.78 is 6.01. The minimum absolute atomic E-state index is 0.0381. The van der Waals surface area contributed by atoms with Gasteiger partial charge < -0.3 is 4.74 Å². The summed E-state index contributed by atoms with van der Waals surface area (Å²) in [6.45, 7) is 9.31. The molecular formula is C21H20O3. The van der Waals surface area contributed by atoms with Crippen LogP contribution in [0.25, 0.3) is 0 Å². The molecule has 1 aliphatic carbocycles. The van der Waals surface area contributed by atoms with Gasteiger partial charge in [0.25, 0.3) is 0 Å². The quantitative estimate of drug-likeness (QED) is 0.627. The van der Waals surface area contributed by atoms with Crippen molar-refractivity contribution in [3.05, 3.63) is 82.9 Å². The van der Waals surface area contributed by atoms with Crippen LogP contribution in [-0.2, 0) is 15.1 Å². The molecule has 0 spiro atoms. The monoisotopic (exact) mass is 320 g/mol. The fourth-order valence-electron chi connectivity index (χ4n) is 3.38. The number of benzene rings is 2. The summed E-state index contributed by atoms with van der Waals surface area (Å²) in [5.74, 6) is -0.553. The van der Waals surface area contributed by atoms with Gasteiger partial charge in [-0.1, -0.05) is 69.0 Å². The molecular weight excluding hydrogens is 300 g/mol. The summed E-state index contributed by atoms with van der Waals surface area (Å²) in [6, 6.07) is 14.7. The van der Waals surface area contributed by atoms with Gasteiger partial charge >= 0.3 is 5.97 Å². The molecule has 0 atom stereocenters. The lowest BCUT2D eigenvalue weighted by Crippen LogP contribution is -2.44. The standard InChI is InChI=1S/C21H20O3/c1-13(2)20(23)24-21(14(3)4)17-11-7-5-9-15(17)19(22)16-10-6-8-12-18(16)21/h5-12,14H,1H2,2-4H3. The molecule has 2 aromatic rings. The smallest absolute Gasteiger partial charge is 0.334 e. The van der Waals surface area contributed by atoms with E-state index in [0.29, 0.717) is 16.7 Å². The van der Waals surface area contributed by atoms with Gasteiger partial charge in [0.05, 0.1) is 0 Å². The highest BCUT2D eigenvalue weighted by atomic mass is 16.6. The van der Waals surface area contributed by atoms with E-state index in [-0.39, 0.29) is 11.7 Å². The van der Waals surface area contributed by atoms with E-state index in [1.54, 1.807) is 19.1 Å². The van der Waals surface area contributed by atoms with Crippen molar-refractivity contribution >= 4 is 11.8 Å². The van der Waals surface area contributed by atoms with E-state index in [9.17, 15) is 9.59 Å². The van der Waals surface area contributed by atoms with Crippen molar-refractivity contribution in [3.63, 3.8) is 0 Å². The second kappa shape index (κ2) is 5.75. The molecule has 0 radical (unpaired) electrons. The maximum absolute atomic E-state index is 12.9. The Labute approximate surface area is 142 Å². The number of esters is 1. The molecule has 0 fully saturated rings. The van der Waals surface area contributed by atoms with Gasteiger partial charge in [0.2, 0.25) is 0 Å². The van der Waals surface area contributed by atoms with Crippen LogP contribution in [0.5, 0.6) is 0 Å². The van der Waals surface area contributed by atoms with E-state index in [0.717, 1.165) is 11.1 Å². The second-order valence-corrected chi connectivity index (χ2v) is 6.48. The molecule has 0 heterocycles. The molecule has 0 aliphatic heterocycles. The Hall–Kier alpha value is -2.68. The van der Waals surface area contributed by atoms with Crippen LogP contribution in [0.15, 0.2) is 60.7 Å². The van der Waals surface area contributed by atoms with Crippen LogP contribution in [-0.4, -0.2) is 11.8 Å². The molecule has 0 amide bonds. The number of hydrogen-bond acceptors (Lipinski definition) is 3. The average Bonchev–Trinajstić information content (AvgIpc) is 2.58. The van der Waals surface area contributed by atoms with Crippen LogP contribution in [0.1, 0.15) is 47.8 Å². The van der Waals surface area contributed by atoms with E-state index in [1.807, 2.05) is 50.2 Å². The van der Waals surface area contributed by atoms with Gasteiger partial charge in [-0.3, -0.25) is 4.79 Å². The van der Waals surface area contributed by atoms with E-state index < -0.39 is 11.6 Å². The van der Waals surface area contributed by atoms with Crippen LogP contribution in [0.3, 0.4) is 0 Å². The van der Waals surface area contributed by atoms with E-state index >= 15 is 0 Å². The van der Waals surface area contributed by atoms with Crippen molar-refractivity contribution in [2.75, 3.05) is 0 Å². The summed E-state index contributed by atoms with van der Waals surface area (Å²) in [5.41, 5.74) is 1.97. The minimum atomic E-state index is -1.00. The average molecular weight is 320 g/mol. The zero-order chi connectivity index (χ0) is 17.5. The lowest BCUT2D eigenvalue weighted by atomic mass is 9.69. The highest BCUT2D eigenvalue weighted by molar-refractivity contribution is 6.13. The maximum atomic E-state index is 12.9. The molecule has 3 heteroatoms. The zero-order valence-electron chi connectivity index (χ0n) is 14.1. The topological polar surface area (TPSA) is 43.4 Å². The van der Waals surface area contributed by atoms with Gasteiger partial charge in [-0.25, -0.2) is 4.79 Å². The number of rotatable bonds is 3. The van der Waals surface area contributed by atoms with E-state index in [2.05, 4.69) is 6.58 Å². The predicted octanol–water partition coefficient (Wildman–Crippen LogP) is 4.25. The fraction of sp³-hybridized carbons (Fsp3) is 0.238. The Bertz CT molecular complexity index is 796. The molecule has 0 aromatic heterocycles. The summed E-state index contributed by atoms with van der Waals surface area (Å²) in [6.07, 6.45) is 0. The third kappa shape index (κ3) is 2.20. The first-order valence-corrected chi connectivity index (χ1v) is 8.02. The highest BCUT2D eigenvalue weighted by Gasteiger charge is 2.48. The van der Waals surface area contributed by atoms with Gasteiger partial charge in [-0.05, 0) is 6.92 Å². The lowest BCUT2D eigenvalue weighted by molar-refractivity contribution is -0.156. The van der Waals surface area contributed by atoms with Crippen molar-refractivity contribution < 1.29 is 14.3 Å². The highest BCUT2D eigenvalue weighted by Crippen LogP contribution is 2.47. The third-order valence-corrected chi connectivity index (χ3v) is 4.56. The number of carbonyl (C=O) groups excluding carboxylic acids is 2. The van der Waals surface area contributed by atoms with Crippen molar-refractivity contribution in [2.45, 2.75) is 26.4 Å². The molecule has 3 rings (SSSR count). The van der Waals surface area contributed by atoms with Crippen molar-refractivity contribution in [3.8, 4) is 0 Å². The molecule has 3 nitrogen and oxygen atoms in total. The summed E-state index contributed by atoms with van der Waals surface area (Å²) >= 11 is 0. The normalized spacial score (nSPS) is 14.8. The first-order chi connectivity index (χ1) is 11.4. The van der Waals surface area contributed by atoms with Crippen LogP contribution in [0.4, 0.5) is 0 Å².